The minimum atomic E-state index is -0.400. The highest BCUT2D eigenvalue weighted by Crippen LogP contribution is 2.19. The van der Waals surface area contributed by atoms with Crippen LogP contribution < -0.4 is 11.1 Å². The highest BCUT2D eigenvalue weighted by molar-refractivity contribution is 5.73. The van der Waals surface area contributed by atoms with Gasteiger partial charge in [-0.15, -0.1) is 0 Å². The fourth-order valence-electron chi connectivity index (χ4n) is 2.06. The molecule has 3 N–H and O–H groups in total. The number of carbonyl (C=O) groups is 1. The Morgan fingerprint density at radius 3 is 2.70 bits per heavy atom. The first kappa shape index (κ1) is 14.1. The Balaban J connectivity index is 2.01. The van der Waals surface area contributed by atoms with Crippen molar-refractivity contribution >= 4 is 11.6 Å². The Morgan fingerprint density at radius 1 is 1.40 bits per heavy atom. The molecule has 1 aromatic carbocycles. The average molecular weight is 272 g/mol. The molecule has 1 aromatic heterocycles. The average Bonchev–Trinajstić information content (AvgIpc) is 2.85. The maximum absolute atomic E-state index is 10.8. The summed E-state index contributed by atoms with van der Waals surface area (Å²) in [5.41, 5.74) is 8.55. The third-order valence-corrected chi connectivity index (χ3v) is 3.22. The van der Waals surface area contributed by atoms with Gasteiger partial charge in [0.1, 0.15) is 6.54 Å². The van der Waals surface area contributed by atoms with E-state index in [4.69, 9.17) is 5.73 Å². The number of aromatic nitrogens is 2. The zero-order valence-electron chi connectivity index (χ0n) is 11.8. The summed E-state index contributed by atoms with van der Waals surface area (Å²) in [7, 11) is 0. The van der Waals surface area contributed by atoms with Crippen LogP contribution in [0.25, 0.3) is 0 Å². The van der Waals surface area contributed by atoms with Crippen LogP contribution in [0.3, 0.4) is 0 Å². The van der Waals surface area contributed by atoms with E-state index in [0.717, 1.165) is 12.1 Å². The second kappa shape index (κ2) is 6.23. The third kappa shape index (κ3) is 3.60. The lowest BCUT2D eigenvalue weighted by Crippen LogP contribution is -2.18. The Morgan fingerprint density at radius 2 is 2.10 bits per heavy atom. The smallest absolute Gasteiger partial charge is 0.239 e. The quantitative estimate of drug-likeness (QED) is 0.845. The molecular weight excluding hydrogens is 252 g/mol. The molecule has 0 fully saturated rings. The Hall–Kier alpha value is -2.30. The van der Waals surface area contributed by atoms with Crippen LogP contribution in [0.4, 0.5) is 5.69 Å². The van der Waals surface area contributed by atoms with Crippen molar-refractivity contribution in [1.29, 1.82) is 0 Å². The van der Waals surface area contributed by atoms with Crippen LogP contribution in [0.5, 0.6) is 0 Å². The fourth-order valence-corrected chi connectivity index (χ4v) is 2.06. The van der Waals surface area contributed by atoms with E-state index in [0.29, 0.717) is 0 Å². The molecule has 106 valence electrons. The molecule has 1 atom stereocenters. The standard InChI is InChI=1S/C15H20N4O/c1-3-12-4-6-13(7-5-12)11(2)18-14-8-17-19(9-14)10-15(16)20/h4-9,11,18H,3,10H2,1-2H3,(H2,16,20). The van der Waals surface area contributed by atoms with E-state index in [1.165, 1.54) is 15.8 Å². The van der Waals surface area contributed by atoms with Gasteiger partial charge in [-0.3, -0.25) is 9.48 Å². The van der Waals surface area contributed by atoms with Gasteiger partial charge in [0, 0.05) is 12.2 Å². The summed E-state index contributed by atoms with van der Waals surface area (Å²) in [5.74, 6) is -0.400. The molecule has 2 aromatic rings. The lowest BCUT2D eigenvalue weighted by molar-refractivity contribution is -0.118. The minimum Gasteiger partial charge on any atom is -0.376 e. The van der Waals surface area contributed by atoms with Crippen LogP contribution in [0.15, 0.2) is 36.7 Å². The van der Waals surface area contributed by atoms with E-state index in [2.05, 4.69) is 48.5 Å². The Labute approximate surface area is 118 Å². The molecule has 0 saturated heterocycles. The first-order chi connectivity index (χ1) is 9.58. The van der Waals surface area contributed by atoms with Crippen molar-refractivity contribution in [2.75, 3.05) is 5.32 Å². The summed E-state index contributed by atoms with van der Waals surface area (Å²) in [6.07, 6.45) is 4.52. The number of primary amides is 1. The molecule has 0 saturated carbocycles. The number of hydrogen-bond donors (Lipinski definition) is 2. The highest BCUT2D eigenvalue weighted by atomic mass is 16.1. The predicted octanol–water partition coefficient (Wildman–Crippen LogP) is 2.10. The van der Waals surface area contributed by atoms with E-state index in [9.17, 15) is 4.79 Å². The number of anilines is 1. The number of hydrogen-bond acceptors (Lipinski definition) is 3. The maximum Gasteiger partial charge on any atom is 0.239 e. The summed E-state index contributed by atoms with van der Waals surface area (Å²) in [5, 5.41) is 7.44. The molecule has 0 aliphatic rings. The lowest BCUT2D eigenvalue weighted by Gasteiger charge is -2.14. The molecule has 20 heavy (non-hydrogen) atoms. The number of aryl methyl sites for hydroxylation is 1. The van der Waals surface area contributed by atoms with Crippen molar-refractivity contribution in [2.24, 2.45) is 5.73 Å². The number of carbonyl (C=O) groups excluding carboxylic acids is 1. The Kier molecular flexibility index (Phi) is 4.40. The van der Waals surface area contributed by atoms with Gasteiger partial charge in [0.15, 0.2) is 0 Å². The van der Waals surface area contributed by atoms with E-state index < -0.39 is 5.91 Å². The first-order valence-corrected chi connectivity index (χ1v) is 6.74. The zero-order valence-corrected chi connectivity index (χ0v) is 11.8. The van der Waals surface area contributed by atoms with Crippen LogP contribution in [0.1, 0.15) is 31.0 Å². The summed E-state index contributed by atoms with van der Waals surface area (Å²) in [6, 6.07) is 8.72. The van der Waals surface area contributed by atoms with Gasteiger partial charge >= 0.3 is 0 Å². The molecular formula is C15H20N4O. The Bertz CT molecular complexity index is 574. The van der Waals surface area contributed by atoms with E-state index >= 15 is 0 Å². The number of benzene rings is 1. The van der Waals surface area contributed by atoms with Gasteiger partial charge in [-0.05, 0) is 24.5 Å². The summed E-state index contributed by atoms with van der Waals surface area (Å²) < 4.78 is 1.53. The molecule has 5 heteroatoms. The topological polar surface area (TPSA) is 72.9 Å². The zero-order chi connectivity index (χ0) is 14.5. The minimum absolute atomic E-state index is 0.0985. The van der Waals surface area contributed by atoms with Crippen molar-refractivity contribution in [1.82, 2.24) is 9.78 Å². The van der Waals surface area contributed by atoms with Crippen LogP contribution in [0, 0.1) is 0 Å². The second-order valence-electron chi connectivity index (χ2n) is 4.85. The first-order valence-electron chi connectivity index (χ1n) is 6.74. The summed E-state index contributed by atoms with van der Waals surface area (Å²) >= 11 is 0. The molecule has 0 bridgehead atoms. The van der Waals surface area contributed by atoms with E-state index in [1.54, 1.807) is 12.4 Å². The van der Waals surface area contributed by atoms with E-state index in [-0.39, 0.29) is 12.6 Å². The van der Waals surface area contributed by atoms with Crippen LogP contribution >= 0.6 is 0 Å². The molecule has 5 nitrogen and oxygen atoms in total. The maximum atomic E-state index is 10.8. The van der Waals surface area contributed by atoms with Gasteiger partial charge in [-0.2, -0.15) is 5.10 Å². The van der Waals surface area contributed by atoms with E-state index in [1.807, 2.05) is 0 Å². The summed E-state index contributed by atoms with van der Waals surface area (Å²) in [4.78, 5) is 10.8. The van der Waals surface area contributed by atoms with Crippen molar-refractivity contribution in [3.63, 3.8) is 0 Å². The molecule has 0 aliphatic carbocycles. The SMILES string of the molecule is CCc1ccc(C(C)Nc2cnn(CC(N)=O)c2)cc1. The van der Waals surface area contributed by atoms with Crippen LogP contribution in [-0.4, -0.2) is 15.7 Å². The van der Waals surface area contributed by atoms with Crippen molar-refractivity contribution in [2.45, 2.75) is 32.9 Å². The van der Waals surface area contributed by atoms with Crippen molar-refractivity contribution in [3.8, 4) is 0 Å². The van der Waals surface area contributed by atoms with Crippen molar-refractivity contribution < 1.29 is 4.79 Å². The highest BCUT2D eigenvalue weighted by Gasteiger charge is 2.07. The van der Waals surface area contributed by atoms with Gasteiger partial charge < -0.3 is 11.1 Å². The van der Waals surface area contributed by atoms with Crippen LogP contribution in [-0.2, 0) is 17.8 Å². The molecule has 1 unspecified atom stereocenters. The van der Waals surface area contributed by atoms with Gasteiger partial charge in [0.2, 0.25) is 5.91 Å². The monoisotopic (exact) mass is 272 g/mol. The number of nitrogens with zero attached hydrogens (tertiary/aromatic N) is 2. The molecule has 0 radical (unpaired) electrons. The lowest BCUT2D eigenvalue weighted by atomic mass is 10.1. The fraction of sp³-hybridized carbons (Fsp3) is 0.333. The van der Waals surface area contributed by atoms with Gasteiger partial charge in [0.05, 0.1) is 11.9 Å². The number of amides is 1. The molecule has 0 aliphatic heterocycles. The van der Waals surface area contributed by atoms with Gasteiger partial charge in [-0.1, -0.05) is 31.2 Å². The molecule has 1 heterocycles. The predicted molar refractivity (Wildman–Crippen MR) is 79.3 cm³/mol. The summed E-state index contributed by atoms with van der Waals surface area (Å²) in [6.45, 7) is 4.33. The number of rotatable bonds is 6. The second-order valence-corrected chi connectivity index (χ2v) is 4.85. The third-order valence-electron chi connectivity index (χ3n) is 3.22. The molecule has 1 amide bonds. The van der Waals surface area contributed by atoms with Gasteiger partial charge in [0.25, 0.3) is 0 Å². The number of nitrogens with two attached hydrogens (primary N) is 1. The largest absolute Gasteiger partial charge is 0.376 e. The van der Waals surface area contributed by atoms with Crippen molar-refractivity contribution in [3.05, 3.63) is 47.8 Å². The molecule has 0 spiro atoms. The number of nitrogens with one attached hydrogen (secondary N) is 1. The molecule has 2 rings (SSSR count). The van der Waals surface area contributed by atoms with Crippen LogP contribution in [0.2, 0.25) is 0 Å². The van der Waals surface area contributed by atoms with Gasteiger partial charge in [-0.25, -0.2) is 0 Å². The normalized spacial score (nSPS) is 12.1.